The molecule has 0 saturated carbocycles. The third-order valence-corrected chi connectivity index (χ3v) is 4.23. The van der Waals surface area contributed by atoms with Crippen LogP contribution in [0.3, 0.4) is 0 Å². The molecule has 1 amide bonds. The fourth-order valence-electron chi connectivity index (χ4n) is 2.45. The van der Waals surface area contributed by atoms with Gasteiger partial charge in [-0.15, -0.1) is 0 Å². The Hall–Kier alpha value is -0.480. The van der Waals surface area contributed by atoms with E-state index < -0.39 is 9.96 Å². The van der Waals surface area contributed by atoms with Crippen molar-refractivity contribution < 1.29 is 9.69 Å². The average molecular weight is 337 g/mol. The van der Waals surface area contributed by atoms with E-state index in [1.807, 2.05) is 19.1 Å². The van der Waals surface area contributed by atoms with Gasteiger partial charge in [-0.25, -0.2) is 0 Å². The molecular formula is C14H18Cl3N2O+. The second kappa shape index (κ2) is 6.52. The molecule has 1 heterocycles. The summed E-state index contributed by atoms with van der Waals surface area (Å²) in [6.45, 7) is 3.79. The number of benzene rings is 1. The number of hydrogen-bond acceptors (Lipinski definition) is 1. The molecule has 0 aliphatic carbocycles. The van der Waals surface area contributed by atoms with E-state index in [4.69, 9.17) is 34.8 Å². The van der Waals surface area contributed by atoms with Crippen molar-refractivity contribution in [1.29, 1.82) is 0 Å². The molecule has 2 N–H and O–H groups in total. The quantitative estimate of drug-likeness (QED) is 0.814. The highest BCUT2D eigenvalue weighted by Crippen LogP contribution is 2.28. The van der Waals surface area contributed by atoms with Gasteiger partial charge >= 0.3 is 0 Å². The minimum absolute atomic E-state index is 0.208. The first-order valence-electron chi connectivity index (χ1n) is 6.67. The first-order valence-corrected chi connectivity index (χ1v) is 7.80. The van der Waals surface area contributed by atoms with Gasteiger partial charge in [0.25, 0.3) is 9.70 Å². The molecule has 110 valence electrons. The molecule has 1 aromatic carbocycles. The molecule has 6 heteroatoms. The van der Waals surface area contributed by atoms with Gasteiger partial charge in [0, 0.05) is 18.4 Å². The number of aryl methyl sites for hydroxylation is 1. The number of carbonyl (C=O) groups excluding carboxylic acids is 1. The summed E-state index contributed by atoms with van der Waals surface area (Å²) in [6.07, 6.45) is 1.66. The lowest BCUT2D eigenvalue weighted by Gasteiger charge is -2.30. The smallest absolute Gasteiger partial charge is 0.262 e. The maximum Gasteiger partial charge on any atom is 0.262 e. The highest BCUT2D eigenvalue weighted by Gasteiger charge is 2.43. The first kappa shape index (κ1) is 15.9. The van der Waals surface area contributed by atoms with E-state index in [-0.39, 0.29) is 5.91 Å². The van der Waals surface area contributed by atoms with Gasteiger partial charge < -0.3 is 4.90 Å². The van der Waals surface area contributed by atoms with Crippen molar-refractivity contribution in [3.63, 3.8) is 0 Å². The number of quaternary nitrogens is 1. The highest BCUT2D eigenvalue weighted by molar-refractivity contribution is 6.68. The van der Waals surface area contributed by atoms with Crippen LogP contribution in [-0.4, -0.2) is 29.0 Å². The van der Waals surface area contributed by atoms with Crippen LogP contribution in [0.2, 0.25) is 0 Å². The van der Waals surface area contributed by atoms with E-state index in [1.54, 1.807) is 12.1 Å². The Morgan fingerprint density at radius 3 is 2.25 bits per heavy atom. The largest absolute Gasteiger partial charge is 0.312 e. The third kappa shape index (κ3) is 4.01. The maximum atomic E-state index is 12.3. The third-order valence-electron chi connectivity index (χ3n) is 3.57. The number of amides is 1. The molecule has 1 aromatic rings. The summed E-state index contributed by atoms with van der Waals surface area (Å²) < 4.78 is -1.51. The Morgan fingerprint density at radius 1 is 1.20 bits per heavy atom. The van der Waals surface area contributed by atoms with E-state index in [2.05, 4.69) is 5.32 Å². The molecule has 2 rings (SSSR count). The van der Waals surface area contributed by atoms with Crippen LogP contribution in [0.1, 0.15) is 28.8 Å². The molecule has 0 bridgehead atoms. The Bertz CT molecular complexity index is 464. The predicted molar refractivity (Wildman–Crippen MR) is 82.7 cm³/mol. The molecular weight excluding hydrogens is 319 g/mol. The number of rotatable bonds is 3. The zero-order valence-corrected chi connectivity index (χ0v) is 13.5. The van der Waals surface area contributed by atoms with Crippen molar-refractivity contribution >= 4 is 40.7 Å². The summed E-state index contributed by atoms with van der Waals surface area (Å²) in [4.78, 5) is 13.4. The standard InChI is InChI=1S/C14H17Cl3N2O/c1-10-4-6-11(7-5-10)12(20)18-13(14(15,16)17)19-8-2-3-9-19/h4-7,13H,2-3,8-9H2,1H3,(H,18,20)/p+1. The number of hydrogen-bond donors (Lipinski definition) is 2. The van der Waals surface area contributed by atoms with Crippen molar-refractivity contribution in [2.75, 3.05) is 13.1 Å². The number of halogens is 3. The molecule has 0 radical (unpaired) electrons. The van der Waals surface area contributed by atoms with Crippen molar-refractivity contribution in [2.45, 2.75) is 29.7 Å². The Kier molecular flexibility index (Phi) is 5.19. The Morgan fingerprint density at radius 2 is 1.75 bits per heavy atom. The molecule has 1 fully saturated rings. The van der Waals surface area contributed by atoms with E-state index >= 15 is 0 Å². The van der Waals surface area contributed by atoms with Gasteiger partial charge in [0.05, 0.1) is 13.1 Å². The summed E-state index contributed by atoms with van der Waals surface area (Å²) in [5.41, 5.74) is 1.68. The molecule has 0 spiro atoms. The summed E-state index contributed by atoms with van der Waals surface area (Å²) >= 11 is 18.1. The monoisotopic (exact) mass is 335 g/mol. The second-order valence-electron chi connectivity index (χ2n) is 5.18. The van der Waals surface area contributed by atoms with Crippen LogP contribution >= 0.6 is 34.8 Å². The van der Waals surface area contributed by atoms with Crippen LogP contribution in [0.25, 0.3) is 0 Å². The zero-order valence-electron chi connectivity index (χ0n) is 11.3. The average Bonchev–Trinajstić information content (AvgIpc) is 2.88. The summed E-state index contributed by atoms with van der Waals surface area (Å²) in [7, 11) is 0. The SMILES string of the molecule is Cc1ccc(C(=O)NC([NH+]2CCCC2)C(Cl)(Cl)Cl)cc1. The molecule has 1 unspecified atom stereocenters. The molecule has 1 saturated heterocycles. The van der Waals surface area contributed by atoms with E-state index in [0.717, 1.165) is 36.4 Å². The fourth-order valence-corrected chi connectivity index (χ4v) is 3.08. The molecule has 1 aliphatic heterocycles. The van der Waals surface area contributed by atoms with Crippen LogP contribution < -0.4 is 10.2 Å². The summed E-state index contributed by atoms with van der Waals surface area (Å²) in [5, 5.41) is 2.86. The van der Waals surface area contributed by atoms with Crippen LogP contribution in [0.5, 0.6) is 0 Å². The van der Waals surface area contributed by atoms with Crippen LogP contribution in [0, 0.1) is 6.92 Å². The van der Waals surface area contributed by atoms with Gasteiger partial charge in [0.1, 0.15) is 0 Å². The van der Waals surface area contributed by atoms with E-state index in [0.29, 0.717) is 5.56 Å². The van der Waals surface area contributed by atoms with Gasteiger partial charge in [-0.3, -0.25) is 10.1 Å². The van der Waals surface area contributed by atoms with Gasteiger partial charge in [0.15, 0.2) is 0 Å². The Labute approximate surface area is 134 Å². The molecule has 1 aliphatic rings. The van der Waals surface area contributed by atoms with Crippen LogP contribution in [0.15, 0.2) is 24.3 Å². The van der Waals surface area contributed by atoms with Crippen LogP contribution in [0.4, 0.5) is 0 Å². The number of likely N-dealkylation sites (tertiary alicyclic amines) is 1. The summed E-state index contributed by atoms with van der Waals surface area (Å²) in [5.74, 6) is -0.208. The van der Waals surface area contributed by atoms with Crippen molar-refractivity contribution in [3.8, 4) is 0 Å². The highest BCUT2D eigenvalue weighted by atomic mass is 35.6. The van der Waals surface area contributed by atoms with Crippen molar-refractivity contribution in [1.82, 2.24) is 5.32 Å². The first-order chi connectivity index (χ1) is 9.38. The van der Waals surface area contributed by atoms with Crippen LogP contribution in [-0.2, 0) is 0 Å². The molecule has 1 atom stereocenters. The number of alkyl halides is 3. The lowest BCUT2D eigenvalue weighted by molar-refractivity contribution is -0.915. The lowest BCUT2D eigenvalue weighted by atomic mass is 10.1. The van der Waals surface area contributed by atoms with Gasteiger partial charge in [-0.05, 0) is 19.1 Å². The minimum Gasteiger partial charge on any atom is -0.312 e. The normalized spacial score (nSPS) is 18.0. The topological polar surface area (TPSA) is 33.5 Å². The van der Waals surface area contributed by atoms with Crippen molar-refractivity contribution in [3.05, 3.63) is 35.4 Å². The molecule has 3 nitrogen and oxygen atoms in total. The molecule has 20 heavy (non-hydrogen) atoms. The predicted octanol–water partition coefficient (Wildman–Crippen LogP) is 2.10. The Balaban J connectivity index is 2.11. The lowest BCUT2D eigenvalue weighted by Crippen LogP contribution is -3.17. The van der Waals surface area contributed by atoms with Crippen molar-refractivity contribution in [2.24, 2.45) is 0 Å². The molecule has 0 aromatic heterocycles. The van der Waals surface area contributed by atoms with Gasteiger partial charge in [0.2, 0.25) is 6.17 Å². The fraction of sp³-hybridized carbons (Fsp3) is 0.500. The maximum absolute atomic E-state index is 12.3. The van der Waals surface area contributed by atoms with E-state index in [9.17, 15) is 4.79 Å². The number of nitrogens with one attached hydrogen (secondary N) is 2. The summed E-state index contributed by atoms with van der Waals surface area (Å²) in [6, 6.07) is 7.34. The van der Waals surface area contributed by atoms with E-state index in [1.165, 1.54) is 0 Å². The second-order valence-corrected chi connectivity index (χ2v) is 7.55. The number of carbonyl (C=O) groups is 1. The van der Waals surface area contributed by atoms with Gasteiger partial charge in [-0.2, -0.15) is 0 Å². The minimum atomic E-state index is -1.51. The van der Waals surface area contributed by atoms with Gasteiger partial charge in [-0.1, -0.05) is 52.5 Å². The zero-order chi connectivity index (χ0) is 14.8.